The zero-order valence-electron chi connectivity index (χ0n) is 24.6. The predicted octanol–water partition coefficient (Wildman–Crippen LogP) is 6.92. The molecule has 0 saturated carbocycles. The molecule has 1 amide bonds. The summed E-state index contributed by atoms with van der Waals surface area (Å²) in [5.41, 5.74) is 10.3. The fourth-order valence-electron chi connectivity index (χ4n) is 6.13. The molecule has 7 heteroatoms. The number of carbonyl (C=O) groups is 1. The minimum absolute atomic E-state index is 0.0216. The van der Waals surface area contributed by atoms with Gasteiger partial charge < -0.3 is 20.1 Å². The molecular weight excluding hydrogens is 526 g/mol. The van der Waals surface area contributed by atoms with E-state index in [0.717, 1.165) is 29.8 Å². The van der Waals surface area contributed by atoms with Crippen molar-refractivity contribution in [3.8, 4) is 5.69 Å². The number of aromatic nitrogens is 2. The van der Waals surface area contributed by atoms with Gasteiger partial charge in [-0.3, -0.25) is 9.78 Å². The van der Waals surface area contributed by atoms with Crippen LogP contribution >= 0.6 is 12.2 Å². The highest BCUT2D eigenvalue weighted by molar-refractivity contribution is 7.80. The molecule has 5 rings (SSSR count). The summed E-state index contributed by atoms with van der Waals surface area (Å²) in [5, 5.41) is 7.30. The van der Waals surface area contributed by atoms with Crippen LogP contribution in [-0.4, -0.2) is 32.0 Å². The van der Waals surface area contributed by atoms with Gasteiger partial charge in [0.1, 0.15) is 0 Å². The Balaban J connectivity index is 1.50. The van der Waals surface area contributed by atoms with Crippen LogP contribution in [-0.2, 0) is 17.6 Å². The number of amides is 1. The highest BCUT2D eigenvalue weighted by Crippen LogP contribution is 2.42. The molecule has 2 aromatic carbocycles. The monoisotopic (exact) mass is 565 g/mol. The summed E-state index contributed by atoms with van der Waals surface area (Å²) in [4.78, 5) is 20.0. The normalized spacial score (nSPS) is 16.6. The largest absolute Gasteiger partial charge is 0.352 e. The minimum Gasteiger partial charge on any atom is -0.352 e. The van der Waals surface area contributed by atoms with Crippen LogP contribution in [0, 0.1) is 20.8 Å². The lowest BCUT2D eigenvalue weighted by atomic mass is 9.96. The average molecular weight is 566 g/mol. The lowest BCUT2D eigenvalue weighted by Crippen LogP contribution is -2.33. The number of nitrogens with one attached hydrogen (secondary N) is 2. The molecule has 4 aromatic rings. The molecule has 41 heavy (non-hydrogen) atoms. The van der Waals surface area contributed by atoms with Crippen LogP contribution in [0.25, 0.3) is 5.69 Å². The van der Waals surface area contributed by atoms with Gasteiger partial charge in [-0.1, -0.05) is 56.3 Å². The van der Waals surface area contributed by atoms with Gasteiger partial charge in [-0.15, -0.1) is 0 Å². The standard InChI is InChI=1S/C34H39N5OS/c1-6-25-14-8-9-16-28(25)36-30(40)18-20-38-33(31(37-34(38)41)29-17-10-11-19-35-29)27-21-23(4)39(24(27)5)32-22(3)13-12-15-26(32)7-2/h8-17,19,21,31,33H,6-7,18,20H2,1-5H3,(H,36,40)(H,37,41)/t31-,33+/m0/s1. The molecule has 0 radical (unpaired) electrons. The van der Waals surface area contributed by atoms with Crippen molar-refractivity contribution in [1.82, 2.24) is 19.8 Å². The third-order valence-electron chi connectivity index (χ3n) is 8.16. The summed E-state index contributed by atoms with van der Waals surface area (Å²) < 4.78 is 2.38. The SMILES string of the molecule is CCc1ccccc1NC(=O)CCN1C(=S)N[C@@H](c2ccccn2)[C@H]1c1cc(C)n(-c2c(C)cccc2CC)c1C. The second kappa shape index (κ2) is 12.3. The zero-order chi connectivity index (χ0) is 29.1. The second-order valence-electron chi connectivity index (χ2n) is 10.7. The van der Waals surface area contributed by atoms with Gasteiger partial charge in [0.25, 0.3) is 0 Å². The van der Waals surface area contributed by atoms with Gasteiger partial charge in [-0.05, 0) is 92.4 Å². The van der Waals surface area contributed by atoms with E-state index in [-0.39, 0.29) is 18.0 Å². The van der Waals surface area contributed by atoms with Gasteiger partial charge in [0.2, 0.25) is 5.91 Å². The number of benzene rings is 2. The van der Waals surface area contributed by atoms with Crippen molar-refractivity contribution in [2.45, 2.75) is 66.0 Å². The molecule has 6 nitrogen and oxygen atoms in total. The van der Waals surface area contributed by atoms with E-state index in [1.807, 2.05) is 42.6 Å². The third-order valence-corrected chi connectivity index (χ3v) is 8.52. The molecule has 212 valence electrons. The number of hydrogen-bond donors (Lipinski definition) is 2. The van der Waals surface area contributed by atoms with Crippen molar-refractivity contribution in [1.29, 1.82) is 0 Å². The number of rotatable bonds is 9. The highest BCUT2D eigenvalue weighted by Gasteiger charge is 2.41. The molecule has 1 saturated heterocycles. The van der Waals surface area contributed by atoms with Crippen molar-refractivity contribution < 1.29 is 4.79 Å². The van der Waals surface area contributed by atoms with E-state index >= 15 is 0 Å². The molecule has 1 aliphatic heterocycles. The van der Waals surface area contributed by atoms with E-state index < -0.39 is 0 Å². The smallest absolute Gasteiger partial charge is 0.226 e. The van der Waals surface area contributed by atoms with Crippen molar-refractivity contribution >= 4 is 28.9 Å². The van der Waals surface area contributed by atoms with E-state index in [1.165, 1.54) is 33.8 Å². The third kappa shape index (κ3) is 5.64. The molecule has 0 bridgehead atoms. The highest BCUT2D eigenvalue weighted by atomic mass is 32.1. The van der Waals surface area contributed by atoms with Gasteiger partial charge in [0.15, 0.2) is 5.11 Å². The van der Waals surface area contributed by atoms with Gasteiger partial charge in [0, 0.05) is 36.2 Å². The summed E-state index contributed by atoms with van der Waals surface area (Å²) in [6, 6.07) is 22.5. The fourth-order valence-corrected chi connectivity index (χ4v) is 6.46. The van der Waals surface area contributed by atoms with E-state index in [2.05, 4.69) is 85.1 Å². The van der Waals surface area contributed by atoms with Crippen LogP contribution in [0.5, 0.6) is 0 Å². The molecule has 3 heterocycles. The molecule has 1 aliphatic rings. The Bertz CT molecular complexity index is 1560. The number of aryl methyl sites for hydroxylation is 4. The number of nitrogens with zero attached hydrogens (tertiary/aromatic N) is 3. The summed E-state index contributed by atoms with van der Waals surface area (Å²) in [6.07, 6.45) is 3.96. The van der Waals surface area contributed by atoms with Gasteiger partial charge in [-0.25, -0.2) is 0 Å². The molecule has 0 unspecified atom stereocenters. The lowest BCUT2D eigenvalue weighted by molar-refractivity contribution is -0.116. The first-order valence-corrected chi connectivity index (χ1v) is 14.9. The van der Waals surface area contributed by atoms with E-state index in [4.69, 9.17) is 17.2 Å². The number of carbonyl (C=O) groups excluding carboxylic acids is 1. The van der Waals surface area contributed by atoms with Crippen molar-refractivity contribution in [2.75, 3.05) is 11.9 Å². The van der Waals surface area contributed by atoms with E-state index in [1.54, 1.807) is 0 Å². The Morgan fingerprint density at radius 1 is 0.976 bits per heavy atom. The molecule has 2 aromatic heterocycles. The Morgan fingerprint density at radius 3 is 2.44 bits per heavy atom. The molecular formula is C34H39N5OS. The number of anilines is 1. The summed E-state index contributed by atoms with van der Waals surface area (Å²) in [6.45, 7) is 11.3. The summed E-state index contributed by atoms with van der Waals surface area (Å²) in [7, 11) is 0. The van der Waals surface area contributed by atoms with Crippen LogP contribution in [0.4, 0.5) is 5.69 Å². The van der Waals surface area contributed by atoms with Crippen LogP contribution < -0.4 is 10.6 Å². The topological polar surface area (TPSA) is 62.2 Å². The van der Waals surface area contributed by atoms with Gasteiger partial charge >= 0.3 is 0 Å². The maximum Gasteiger partial charge on any atom is 0.226 e. The predicted molar refractivity (Wildman–Crippen MR) is 171 cm³/mol. The maximum atomic E-state index is 13.1. The Hall–Kier alpha value is -3.97. The summed E-state index contributed by atoms with van der Waals surface area (Å²) in [5.74, 6) is -0.0216. The van der Waals surface area contributed by atoms with Crippen LogP contribution in [0.1, 0.15) is 71.7 Å². The molecule has 2 N–H and O–H groups in total. The summed E-state index contributed by atoms with van der Waals surface area (Å²) >= 11 is 5.90. The maximum absolute atomic E-state index is 13.1. The second-order valence-corrected chi connectivity index (χ2v) is 11.1. The van der Waals surface area contributed by atoms with Crippen LogP contribution in [0.2, 0.25) is 0 Å². The number of para-hydroxylation sites is 2. The fraction of sp³-hybridized carbons (Fsp3) is 0.324. The van der Waals surface area contributed by atoms with Gasteiger partial charge in [-0.2, -0.15) is 0 Å². The Labute approximate surface area is 248 Å². The van der Waals surface area contributed by atoms with E-state index in [9.17, 15) is 4.79 Å². The van der Waals surface area contributed by atoms with Crippen molar-refractivity contribution in [3.63, 3.8) is 0 Å². The number of thiocarbonyl (C=S) groups is 1. The zero-order valence-corrected chi connectivity index (χ0v) is 25.4. The first kappa shape index (κ1) is 28.6. The van der Waals surface area contributed by atoms with E-state index in [0.29, 0.717) is 18.1 Å². The van der Waals surface area contributed by atoms with Crippen molar-refractivity contribution in [3.05, 3.63) is 112 Å². The first-order valence-electron chi connectivity index (χ1n) is 14.5. The molecule has 1 fully saturated rings. The van der Waals surface area contributed by atoms with Crippen LogP contribution in [0.15, 0.2) is 72.9 Å². The quantitative estimate of drug-likeness (QED) is 0.216. The van der Waals surface area contributed by atoms with Crippen LogP contribution in [0.3, 0.4) is 0 Å². The van der Waals surface area contributed by atoms with Gasteiger partial charge in [0.05, 0.1) is 23.5 Å². The molecule has 2 atom stereocenters. The number of hydrogen-bond acceptors (Lipinski definition) is 3. The number of pyridine rings is 1. The Morgan fingerprint density at radius 2 is 1.71 bits per heavy atom. The minimum atomic E-state index is -0.135. The first-order chi connectivity index (χ1) is 19.8. The molecule has 0 spiro atoms. The average Bonchev–Trinajstić information content (AvgIpc) is 3.46. The Kier molecular flexibility index (Phi) is 8.54. The lowest BCUT2D eigenvalue weighted by Gasteiger charge is -2.28. The van der Waals surface area contributed by atoms with Crippen molar-refractivity contribution in [2.24, 2.45) is 0 Å². The molecule has 0 aliphatic carbocycles.